The first kappa shape index (κ1) is 43.9. The number of unbranched alkanes of at least 4 members (excludes halogenated alkanes) is 7. The molecule has 14 heteroatoms. The van der Waals surface area contributed by atoms with Gasteiger partial charge >= 0.3 is 12.1 Å². The van der Waals surface area contributed by atoms with E-state index in [0.717, 1.165) is 79.2 Å². The normalized spacial score (nSPS) is 15.5. The van der Waals surface area contributed by atoms with E-state index in [1.54, 1.807) is 17.9 Å². The van der Waals surface area contributed by atoms with Crippen LogP contribution in [-0.4, -0.2) is 78.4 Å². The molecule has 0 saturated carbocycles. The summed E-state index contributed by atoms with van der Waals surface area (Å²) in [6, 6.07) is 28.9. The van der Waals surface area contributed by atoms with Gasteiger partial charge in [-0.3, -0.25) is 14.5 Å². The molecule has 0 radical (unpaired) electrons. The first-order valence-corrected chi connectivity index (χ1v) is 22.4. The van der Waals surface area contributed by atoms with Crippen molar-refractivity contribution < 1.29 is 33.4 Å². The number of benzene rings is 3. The van der Waals surface area contributed by atoms with E-state index in [1.807, 2.05) is 91.0 Å². The SMILES string of the molecule is C=CCOC(=O)O[C@H](C)[C@H]1C(=O)N(C(C(=O)OCC=C)=P(c2ccccc2)(c2ccccc2)c2ccccc2)[C@@H]1SC(=O)CCCCCCCCCCn1cnnn1. The van der Waals surface area contributed by atoms with Crippen molar-refractivity contribution in [2.45, 2.75) is 82.7 Å². The molecule has 0 spiro atoms. The van der Waals surface area contributed by atoms with Gasteiger partial charge in [0.2, 0.25) is 5.91 Å². The summed E-state index contributed by atoms with van der Waals surface area (Å²) in [5.41, 5.74) is 0.129. The molecule has 3 atom stereocenters. The molecule has 3 aromatic carbocycles. The molecular weight excluding hydrogens is 774 g/mol. The molecule has 12 nitrogen and oxygen atoms in total. The summed E-state index contributed by atoms with van der Waals surface area (Å²) >= 11 is 0.998. The number of aryl methyl sites for hydroxylation is 1. The van der Waals surface area contributed by atoms with Crippen molar-refractivity contribution in [3.05, 3.63) is 123 Å². The molecular formula is C44H52N5O7PS. The molecule has 1 aliphatic heterocycles. The van der Waals surface area contributed by atoms with Crippen molar-refractivity contribution in [3.63, 3.8) is 0 Å². The van der Waals surface area contributed by atoms with Gasteiger partial charge in [-0.15, -0.1) is 5.10 Å². The van der Waals surface area contributed by atoms with Crippen LogP contribution in [0.5, 0.6) is 0 Å². The fourth-order valence-corrected chi connectivity index (χ4v) is 12.9. The maximum Gasteiger partial charge on any atom is 0.508 e. The molecule has 1 fully saturated rings. The van der Waals surface area contributed by atoms with Gasteiger partial charge in [-0.2, -0.15) is 0 Å². The van der Waals surface area contributed by atoms with Gasteiger partial charge < -0.3 is 14.2 Å². The van der Waals surface area contributed by atoms with Crippen molar-refractivity contribution >= 4 is 63.1 Å². The summed E-state index contributed by atoms with van der Waals surface area (Å²) in [7, 11) is 0. The number of hydrogen-bond acceptors (Lipinski definition) is 11. The van der Waals surface area contributed by atoms with Crippen LogP contribution in [0.1, 0.15) is 64.7 Å². The molecule has 0 unspecified atom stereocenters. The third-order valence-corrected chi connectivity index (χ3v) is 15.3. The molecule has 4 aromatic rings. The minimum absolute atomic E-state index is 0.0693. The van der Waals surface area contributed by atoms with E-state index in [1.165, 1.54) is 17.1 Å². The predicted molar refractivity (Wildman–Crippen MR) is 229 cm³/mol. The summed E-state index contributed by atoms with van der Waals surface area (Å²) in [6.45, 7) is 6.34. The van der Waals surface area contributed by atoms with Crippen LogP contribution in [0, 0.1) is 5.92 Å². The zero-order valence-corrected chi connectivity index (χ0v) is 34.7. The van der Waals surface area contributed by atoms with E-state index in [4.69, 9.17) is 14.2 Å². The monoisotopic (exact) mass is 825 g/mol. The van der Waals surface area contributed by atoms with Crippen molar-refractivity contribution in [3.8, 4) is 0 Å². The van der Waals surface area contributed by atoms with Crippen LogP contribution >= 0.6 is 18.6 Å². The number of rotatable bonds is 23. The van der Waals surface area contributed by atoms with E-state index in [-0.39, 0.29) is 30.2 Å². The van der Waals surface area contributed by atoms with Gasteiger partial charge in [0.25, 0.3) is 0 Å². The number of carbonyl (C=O) groups excluding carboxylic acids is 4. The lowest BCUT2D eigenvalue weighted by Gasteiger charge is -2.50. The number of ether oxygens (including phenoxy) is 3. The largest absolute Gasteiger partial charge is 0.508 e. The molecule has 0 bridgehead atoms. The molecule has 1 saturated heterocycles. The Kier molecular flexibility index (Phi) is 17.1. The highest BCUT2D eigenvalue weighted by atomic mass is 32.2. The molecule has 306 valence electrons. The van der Waals surface area contributed by atoms with Gasteiger partial charge in [-0.05, 0) is 46.1 Å². The van der Waals surface area contributed by atoms with E-state index in [0.29, 0.717) is 6.42 Å². The second kappa shape index (κ2) is 22.6. The minimum Gasteiger partial charge on any atom is -0.457 e. The van der Waals surface area contributed by atoms with E-state index in [9.17, 15) is 19.2 Å². The third-order valence-electron chi connectivity index (χ3n) is 9.84. The minimum atomic E-state index is -3.22. The summed E-state index contributed by atoms with van der Waals surface area (Å²) in [5.74, 6) is -2.13. The zero-order valence-electron chi connectivity index (χ0n) is 33.0. The number of nitrogens with zero attached hydrogens (tertiary/aromatic N) is 5. The van der Waals surface area contributed by atoms with Gasteiger partial charge in [0.1, 0.15) is 42.4 Å². The van der Waals surface area contributed by atoms with Crippen molar-refractivity contribution in [1.82, 2.24) is 25.1 Å². The van der Waals surface area contributed by atoms with E-state index >= 15 is 0 Å². The number of carbonyl (C=O) groups is 4. The number of esters is 1. The third kappa shape index (κ3) is 11.0. The van der Waals surface area contributed by atoms with Gasteiger partial charge in [-0.1, -0.05) is 167 Å². The van der Waals surface area contributed by atoms with Gasteiger partial charge in [0.15, 0.2) is 5.12 Å². The Bertz CT molecular complexity index is 1910. The molecule has 1 amide bonds. The number of hydrogen-bond donors (Lipinski definition) is 0. The average molecular weight is 826 g/mol. The summed E-state index contributed by atoms with van der Waals surface area (Å²) < 4.78 is 18.3. The number of thioether (sulfide) groups is 1. The van der Waals surface area contributed by atoms with E-state index < -0.39 is 42.3 Å². The Morgan fingerprint density at radius 1 is 0.776 bits per heavy atom. The first-order valence-electron chi connectivity index (χ1n) is 19.7. The summed E-state index contributed by atoms with van der Waals surface area (Å²) in [6.07, 6.45) is 10.9. The predicted octanol–water partition coefficient (Wildman–Crippen LogP) is 6.81. The van der Waals surface area contributed by atoms with Gasteiger partial charge in [0.05, 0.1) is 0 Å². The second-order valence-electron chi connectivity index (χ2n) is 13.8. The maximum atomic E-state index is 14.8. The average Bonchev–Trinajstić information content (AvgIpc) is 3.77. The molecule has 0 N–H and O–H groups in total. The molecule has 58 heavy (non-hydrogen) atoms. The fraction of sp³-hybridized carbons (Fsp3) is 0.364. The number of likely N-dealkylation sites (tertiary alicyclic amines) is 1. The molecule has 0 aliphatic carbocycles. The topological polar surface area (TPSA) is 143 Å². The number of β-lactam (4-membered cyclic amide) rings is 1. The number of aromatic nitrogens is 4. The van der Waals surface area contributed by atoms with Crippen LogP contribution in [0.15, 0.2) is 123 Å². The van der Waals surface area contributed by atoms with Crippen molar-refractivity contribution in [2.75, 3.05) is 13.2 Å². The van der Waals surface area contributed by atoms with Crippen molar-refractivity contribution in [2.24, 2.45) is 5.92 Å². The highest BCUT2D eigenvalue weighted by molar-refractivity contribution is 8.14. The van der Waals surface area contributed by atoms with Crippen LogP contribution in [0.2, 0.25) is 0 Å². The van der Waals surface area contributed by atoms with Crippen LogP contribution in [0.4, 0.5) is 4.79 Å². The van der Waals surface area contributed by atoms with Crippen LogP contribution in [0.3, 0.4) is 0 Å². The smallest absolute Gasteiger partial charge is 0.457 e. The Hall–Kier alpha value is -5.26. The fourth-order valence-electron chi connectivity index (χ4n) is 7.10. The highest BCUT2D eigenvalue weighted by Gasteiger charge is 2.57. The number of amides is 1. The Morgan fingerprint density at radius 3 is 1.81 bits per heavy atom. The lowest BCUT2D eigenvalue weighted by atomic mass is 9.92. The van der Waals surface area contributed by atoms with Gasteiger partial charge in [0, 0.05) is 19.9 Å². The summed E-state index contributed by atoms with van der Waals surface area (Å²) in [5, 5.41) is 12.6. The molecule has 2 heterocycles. The molecule has 1 aliphatic rings. The second-order valence-corrected chi connectivity index (χ2v) is 18.3. The van der Waals surface area contributed by atoms with Crippen molar-refractivity contribution in [1.29, 1.82) is 0 Å². The zero-order chi connectivity index (χ0) is 41.2. The van der Waals surface area contributed by atoms with Gasteiger partial charge in [-0.25, -0.2) is 14.3 Å². The number of tetrazole rings is 1. The Morgan fingerprint density at radius 2 is 1.29 bits per heavy atom. The van der Waals surface area contributed by atoms with Crippen LogP contribution in [0.25, 0.3) is 0 Å². The van der Waals surface area contributed by atoms with E-state index in [2.05, 4.69) is 28.7 Å². The lowest BCUT2D eigenvalue weighted by molar-refractivity contribution is -0.152. The quantitative estimate of drug-likeness (QED) is 0.0256. The lowest BCUT2D eigenvalue weighted by Crippen LogP contribution is -2.67. The standard InChI is InChI=1S/C44H52N5O7PS/c1-4-31-54-43(52)41(57(35-23-15-12-16-24-35,36-25-17-13-18-26-36)37-27-19-14-20-28-37)49-40(51)39(34(3)56-44(53)55-32-5-2)42(49)58-38(50)29-21-10-8-6-7-9-11-22-30-48-33-45-46-47-48/h4-5,12-20,23-28,33-34,39,42H,1-2,6-11,21-22,29-32H2,3H3/t34-,39+,42-/m1/s1. The first-order chi connectivity index (χ1) is 28.3. The molecule has 5 rings (SSSR count). The Balaban J connectivity index is 1.46. The van der Waals surface area contributed by atoms with Crippen LogP contribution in [-0.2, 0) is 35.1 Å². The maximum absolute atomic E-state index is 14.8. The molecule has 1 aromatic heterocycles. The Labute approximate surface area is 345 Å². The highest BCUT2D eigenvalue weighted by Crippen LogP contribution is 2.51. The van der Waals surface area contributed by atoms with Crippen LogP contribution < -0.4 is 15.9 Å². The summed E-state index contributed by atoms with van der Waals surface area (Å²) in [4.78, 5) is 57.5.